The van der Waals surface area contributed by atoms with Crippen molar-refractivity contribution in [1.29, 1.82) is 0 Å². The molecule has 3 nitrogen and oxygen atoms in total. The molecule has 1 heterocycles. The number of methoxy groups -OCH3 is 1. The summed E-state index contributed by atoms with van der Waals surface area (Å²) in [5.41, 5.74) is 1.06. The number of hydrogen-bond acceptors (Lipinski definition) is 3. The summed E-state index contributed by atoms with van der Waals surface area (Å²) in [7, 11) is 1.63. The first-order valence-electron chi connectivity index (χ1n) is 4.42. The third kappa shape index (κ3) is 1.62. The van der Waals surface area contributed by atoms with Gasteiger partial charge < -0.3 is 4.74 Å². The van der Waals surface area contributed by atoms with Gasteiger partial charge in [0.1, 0.15) is 0 Å². The molecule has 0 unspecified atom stereocenters. The molecule has 0 spiro atoms. The van der Waals surface area contributed by atoms with E-state index in [1.807, 2.05) is 35.2 Å². The van der Waals surface area contributed by atoms with Gasteiger partial charge in [0.15, 0.2) is 0 Å². The summed E-state index contributed by atoms with van der Waals surface area (Å²) >= 11 is 0. The summed E-state index contributed by atoms with van der Waals surface area (Å²) in [5, 5.41) is 0. The number of rotatable bonds is 1. The monoisotopic (exact) mass is 187 g/mol. The first kappa shape index (κ1) is 8.81. The highest BCUT2D eigenvalue weighted by atomic mass is 16.5. The van der Waals surface area contributed by atoms with E-state index in [-0.39, 0.29) is 0 Å². The van der Waals surface area contributed by atoms with Crippen molar-refractivity contribution < 1.29 is 4.74 Å². The molecule has 1 aliphatic rings. The Labute approximate surface area is 83.3 Å². The Hall–Kier alpha value is -1.77. The lowest BCUT2D eigenvalue weighted by Crippen LogP contribution is -2.33. The largest absolute Gasteiger partial charge is 0.468 e. The quantitative estimate of drug-likeness (QED) is 0.670. The zero-order chi connectivity index (χ0) is 9.80. The zero-order valence-corrected chi connectivity index (χ0v) is 7.97. The van der Waals surface area contributed by atoms with Gasteiger partial charge in [-0.25, -0.2) is 4.99 Å². The Balaban J connectivity index is 2.27. The smallest absolute Gasteiger partial charge is 0.296 e. The van der Waals surface area contributed by atoms with Gasteiger partial charge in [-0.2, -0.15) is 0 Å². The minimum absolute atomic E-state index is 0.624. The average Bonchev–Trinajstić information content (AvgIpc) is 2.30. The van der Waals surface area contributed by atoms with E-state index in [1.165, 1.54) is 0 Å². The molecule has 0 saturated carbocycles. The number of ether oxygens (including phenoxy) is 1. The molecule has 0 atom stereocenters. The Kier molecular flexibility index (Phi) is 2.49. The summed E-state index contributed by atoms with van der Waals surface area (Å²) in [6.45, 7) is 0.788. The molecule has 71 valence electrons. The van der Waals surface area contributed by atoms with E-state index in [9.17, 15) is 0 Å². The molecule has 1 radical (unpaired) electrons. The molecule has 0 amide bonds. The van der Waals surface area contributed by atoms with Crippen molar-refractivity contribution >= 4 is 11.7 Å². The fraction of sp³-hybridized carbons (Fsp3) is 0.182. The van der Waals surface area contributed by atoms with Gasteiger partial charge >= 0.3 is 0 Å². The Morgan fingerprint density at radius 3 is 2.93 bits per heavy atom. The van der Waals surface area contributed by atoms with Crippen LogP contribution in [0.15, 0.2) is 41.5 Å². The van der Waals surface area contributed by atoms with Gasteiger partial charge in [0.05, 0.1) is 7.11 Å². The minimum Gasteiger partial charge on any atom is -0.468 e. The number of aliphatic imine (C=N–C) groups is 1. The molecule has 2 rings (SSSR count). The molecule has 0 N–H and O–H groups in total. The minimum atomic E-state index is 0.624. The molecule has 14 heavy (non-hydrogen) atoms. The topological polar surface area (TPSA) is 24.8 Å². The SMILES string of the molecule is COC1=NC=CCN1c1cc[c]cc1. The summed E-state index contributed by atoms with van der Waals surface area (Å²) in [6.07, 6.45) is 3.74. The number of anilines is 1. The highest BCUT2D eigenvalue weighted by molar-refractivity contribution is 5.92. The third-order valence-corrected chi connectivity index (χ3v) is 2.00. The maximum absolute atomic E-state index is 5.17. The van der Waals surface area contributed by atoms with Gasteiger partial charge in [-0.1, -0.05) is 12.1 Å². The molecule has 1 aromatic rings. The first-order valence-corrected chi connectivity index (χ1v) is 4.42. The number of amidine groups is 1. The zero-order valence-electron chi connectivity index (χ0n) is 7.97. The number of benzene rings is 1. The van der Waals surface area contributed by atoms with Crippen LogP contribution in [-0.4, -0.2) is 19.7 Å². The molecule has 0 aliphatic carbocycles. The van der Waals surface area contributed by atoms with Gasteiger partial charge in [0.25, 0.3) is 6.02 Å². The maximum atomic E-state index is 5.17. The van der Waals surface area contributed by atoms with Crippen LogP contribution in [0.4, 0.5) is 5.69 Å². The summed E-state index contributed by atoms with van der Waals surface area (Å²) in [6, 6.07) is 11.3. The molecule has 1 aliphatic heterocycles. The van der Waals surface area contributed by atoms with Gasteiger partial charge in [-0.3, -0.25) is 4.90 Å². The van der Waals surface area contributed by atoms with E-state index < -0.39 is 0 Å². The standard InChI is InChI=1S/C11H11N2O/c1-14-11-12-8-5-9-13(11)10-6-3-2-4-7-10/h3-8H,9H2,1H3. The van der Waals surface area contributed by atoms with Crippen molar-refractivity contribution in [3.8, 4) is 0 Å². The fourth-order valence-corrected chi connectivity index (χ4v) is 1.35. The van der Waals surface area contributed by atoms with Crippen LogP contribution in [0.5, 0.6) is 0 Å². The molecule has 3 heteroatoms. The van der Waals surface area contributed by atoms with E-state index in [0.29, 0.717) is 6.02 Å². The first-order chi connectivity index (χ1) is 6.92. The van der Waals surface area contributed by atoms with E-state index in [1.54, 1.807) is 13.3 Å². The highest BCUT2D eigenvalue weighted by Gasteiger charge is 2.14. The second-order valence-electron chi connectivity index (χ2n) is 2.87. The van der Waals surface area contributed by atoms with Crippen LogP contribution in [0.3, 0.4) is 0 Å². The predicted octanol–water partition coefficient (Wildman–Crippen LogP) is 1.82. The van der Waals surface area contributed by atoms with Crippen LogP contribution in [0.1, 0.15) is 0 Å². The third-order valence-electron chi connectivity index (χ3n) is 2.00. The molecule has 0 saturated heterocycles. The van der Waals surface area contributed by atoms with E-state index in [0.717, 1.165) is 12.2 Å². The lowest BCUT2D eigenvalue weighted by molar-refractivity contribution is 0.391. The fourth-order valence-electron chi connectivity index (χ4n) is 1.35. The van der Waals surface area contributed by atoms with Crippen LogP contribution >= 0.6 is 0 Å². The Bertz CT molecular complexity index is 357. The van der Waals surface area contributed by atoms with Crippen LogP contribution in [0.2, 0.25) is 0 Å². The van der Waals surface area contributed by atoms with Crippen molar-refractivity contribution in [3.05, 3.63) is 42.6 Å². The predicted molar refractivity (Wildman–Crippen MR) is 56.2 cm³/mol. The Morgan fingerprint density at radius 1 is 1.43 bits per heavy atom. The van der Waals surface area contributed by atoms with E-state index in [2.05, 4.69) is 11.1 Å². The number of hydrogen-bond donors (Lipinski definition) is 0. The summed E-state index contributed by atoms with van der Waals surface area (Å²) in [5.74, 6) is 0. The second-order valence-corrected chi connectivity index (χ2v) is 2.87. The van der Waals surface area contributed by atoms with Crippen molar-refractivity contribution in [2.24, 2.45) is 4.99 Å². The summed E-state index contributed by atoms with van der Waals surface area (Å²) in [4.78, 5) is 6.13. The molecule has 0 aromatic heterocycles. The van der Waals surface area contributed by atoms with Gasteiger partial charge in [0.2, 0.25) is 0 Å². The van der Waals surface area contributed by atoms with Crippen LogP contribution in [0, 0.1) is 6.07 Å². The van der Waals surface area contributed by atoms with Gasteiger partial charge in [-0.15, -0.1) is 0 Å². The molecule has 1 aromatic carbocycles. The van der Waals surface area contributed by atoms with E-state index >= 15 is 0 Å². The van der Waals surface area contributed by atoms with Crippen molar-refractivity contribution in [2.75, 3.05) is 18.6 Å². The average molecular weight is 187 g/mol. The van der Waals surface area contributed by atoms with E-state index in [4.69, 9.17) is 4.74 Å². The van der Waals surface area contributed by atoms with Gasteiger partial charge in [0, 0.05) is 18.4 Å². The van der Waals surface area contributed by atoms with Crippen molar-refractivity contribution in [2.45, 2.75) is 0 Å². The molecular weight excluding hydrogens is 176 g/mol. The summed E-state index contributed by atoms with van der Waals surface area (Å²) < 4.78 is 5.17. The second kappa shape index (κ2) is 3.96. The van der Waals surface area contributed by atoms with Crippen molar-refractivity contribution in [1.82, 2.24) is 0 Å². The lowest BCUT2D eigenvalue weighted by atomic mass is 10.3. The Morgan fingerprint density at radius 2 is 2.21 bits per heavy atom. The van der Waals surface area contributed by atoms with Gasteiger partial charge in [-0.05, 0) is 24.3 Å². The maximum Gasteiger partial charge on any atom is 0.296 e. The van der Waals surface area contributed by atoms with Crippen LogP contribution < -0.4 is 4.90 Å². The molecule has 0 bridgehead atoms. The number of nitrogens with zero attached hydrogens (tertiary/aromatic N) is 2. The lowest BCUT2D eigenvalue weighted by Gasteiger charge is -2.24. The van der Waals surface area contributed by atoms with Crippen LogP contribution in [0.25, 0.3) is 0 Å². The normalized spacial score (nSPS) is 15.2. The highest BCUT2D eigenvalue weighted by Crippen LogP contribution is 2.15. The van der Waals surface area contributed by atoms with Crippen LogP contribution in [-0.2, 0) is 4.74 Å². The molecule has 0 fully saturated rings. The van der Waals surface area contributed by atoms with Crippen molar-refractivity contribution in [3.63, 3.8) is 0 Å². The molecular formula is C11H11N2O.